The van der Waals surface area contributed by atoms with E-state index in [1.165, 1.54) is 0 Å². The van der Waals surface area contributed by atoms with E-state index >= 15 is 0 Å². The molecule has 1 aliphatic carbocycles. The van der Waals surface area contributed by atoms with Crippen molar-refractivity contribution in [1.82, 2.24) is 0 Å². The Balaban J connectivity index is 1.90. The van der Waals surface area contributed by atoms with Gasteiger partial charge in [0.1, 0.15) is 17.7 Å². The zero-order valence-corrected chi connectivity index (χ0v) is 15.4. The molecular formula is C20H31FO5. The van der Waals surface area contributed by atoms with Gasteiger partial charge < -0.3 is 20.1 Å². The molecular weight excluding hydrogens is 339 g/mol. The summed E-state index contributed by atoms with van der Waals surface area (Å²) in [7, 11) is 0. The van der Waals surface area contributed by atoms with Crippen LogP contribution >= 0.6 is 0 Å². The molecule has 0 spiro atoms. The summed E-state index contributed by atoms with van der Waals surface area (Å²) in [5, 5.41) is 28.9. The molecule has 1 heterocycles. The lowest BCUT2D eigenvalue weighted by Crippen LogP contribution is -2.18. The summed E-state index contributed by atoms with van der Waals surface area (Å²) < 4.78 is 19.9. The van der Waals surface area contributed by atoms with Gasteiger partial charge in [0.05, 0.1) is 12.2 Å². The largest absolute Gasteiger partial charge is 0.492 e. The molecule has 0 unspecified atom stereocenters. The molecule has 148 valence electrons. The number of allylic oxidation sites excluding steroid dienone is 2. The van der Waals surface area contributed by atoms with Gasteiger partial charge in [-0.1, -0.05) is 38.3 Å². The zero-order chi connectivity index (χ0) is 19.1. The molecule has 6 heteroatoms. The van der Waals surface area contributed by atoms with E-state index in [-0.39, 0.29) is 43.0 Å². The highest BCUT2D eigenvalue weighted by Crippen LogP contribution is 2.46. The van der Waals surface area contributed by atoms with Gasteiger partial charge in [-0.05, 0) is 12.8 Å². The van der Waals surface area contributed by atoms with E-state index < -0.39 is 18.2 Å². The smallest absolute Gasteiger partial charge is 0.303 e. The number of unbranched alkanes of at least 4 members (excludes halogenated alkanes) is 2. The van der Waals surface area contributed by atoms with Crippen LogP contribution in [0.5, 0.6) is 0 Å². The number of hydrogen-bond donors (Lipinski definition) is 3. The van der Waals surface area contributed by atoms with Crippen LogP contribution in [-0.4, -0.2) is 39.6 Å². The fourth-order valence-electron chi connectivity index (χ4n) is 3.89. The quantitative estimate of drug-likeness (QED) is 0.403. The van der Waals surface area contributed by atoms with Crippen molar-refractivity contribution in [3.05, 3.63) is 23.7 Å². The third-order valence-corrected chi connectivity index (χ3v) is 5.35. The van der Waals surface area contributed by atoms with Gasteiger partial charge in [0.15, 0.2) is 0 Å². The first kappa shape index (κ1) is 20.9. The molecule has 3 N–H and O–H groups in total. The normalized spacial score (nSPS) is 31.1. The molecule has 2 fully saturated rings. The molecule has 0 amide bonds. The molecule has 5 nitrogen and oxygen atoms in total. The molecule has 0 aromatic carbocycles. The van der Waals surface area contributed by atoms with Crippen LogP contribution in [0.4, 0.5) is 4.39 Å². The average Bonchev–Trinajstić information content (AvgIpc) is 3.10. The van der Waals surface area contributed by atoms with Crippen LogP contribution < -0.4 is 0 Å². The van der Waals surface area contributed by atoms with Crippen molar-refractivity contribution in [3.8, 4) is 0 Å². The molecule has 26 heavy (non-hydrogen) atoms. The number of carboxylic acids is 1. The van der Waals surface area contributed by atoms with Gasteiger partial charge in [-0.2, -0.15) is 0 Å². The highest BCUT2D eigenvalue weighted by atomic mass is 19.1. The second kappa shape index (κ2) is 10.1. The summed E-state index contributed by atoms with van der Waals surface area (Å²) in [6.07, 6.45) is 7.34. The van der Waals surface area contributed by atoms with Crippen LogP contribution in [0.15, 0.2) is 23.7 Å². The van der Waals surface area contributed by atoms with Crippen LogP contribution in [0.2, 0.25) is 0 Å². The summed E-state index contributed by atoms with van der Waals surface area (Å²) >= 11 is 0. The van der Waals surface area contributed by atoms with Crippen LogP contribution in [0.25, 0.3) is 0 Å². The van der Waals surface area contributed by atoms with Gasteiger partial charge in [0.2, 0.25) is 0 Å². The van der Waals surface area contributed by atoms with Gasteiger partial charge in [-0.25, -0.2) is 4.39 Å². The Morgan fingerprint density at radius 3 is 2.81 bits per heavy atom. The van der Waals surface area contributed by atoms with Crippen molar-refractivity contribution in [2.24, 2.45) is 11.8 Å². The summed E-state index contributed by atoms with van der Waals surface area (Å²) in [5.74, 6) is -1.15. The summed E-state index contributed by atoms with van der Waals surface area (Å²) in [5.41, 5.74) is 0. The van der Waals surface area contributed by atoms with Crippen molar-refractivity contribution in [1.29, 1.82) is 0 Å². The third kappa shape index (κ3) is 5.81. The maximum absolute atomic E-state index is 14.2. The highest BCUT2D eigenvalue weighted by molar-refractivity contribution is 5.66. The zero-order valence-electron chi connectivity index (χ0n) is 15.4. The summed E-state index contributed by atoms with van der Waals surface area (Å²) in [4.78, 5) is 10.5. The predicted octanol–water partition coefficient (Wildman–Crippen LogP) is 3.71. The topological polar surface area (TPSA) is 87.0 Å². The van der Waals surface area contributed by atoms with E-state index in [0.717, 1.165) is 19.3 Å². The minimum absolute atomic E-state index is 0.00400. The number of aliphatic hydroxyl groups is 2. The van der Waals surface area contributed by atoms with Crippen LogP contribution in [0.1, 0.15) is 64.7 Å². The van der Waals surface area contributed by atoms with Crippen molar-refractivity contribution in [2.75, 3.05) is 0 Å². The second-order valence-electron chi connectivity index (χ2n) is 7.43. The van der Waals surface area contributed by atoms with E-state index in [1.54, 1.807) is 6.08 Å². The second-order valence-corrected chi connectivity index (χ2v) is 7.43. The highest BCUT2D eigenvalue weighted by Gasteiger charge is 2.47. The third-order valence-electron chi connectivity index (χ3n) is 5.35. The lowest BCUT2D eigenvalue weighted by molar-refractivity contribution is -0.137. The van der Waals surface area contributed by atoms with E-state index in [9.17, 15) is 19.4 Å². The average molecular weight is 370 g/mol. The number of ether oxygens (including phenoxy) is 1. The lowest BCUT2D eigenvalue weighted by atomic mass is 9.90. The minimum Gasteiger partial charge on any atom is -0.492 e. The van der Waals surface area contributed by atoms with Gasteiger partial charge >= 0.3 is 5.97 Å². The molecule has 0 radical (unpaired) electrons. The molecule has 2 rings (SSSR count). The number of carboxylic acid groups (broad SMARTS) is 1. The molecule has 0 bridgehead atoms. The van der Waals surface area contributed by atoms with Crippen LogP contribution in [0, 0.1) is 11.8 Å². The summed E-state index contributed by atoms with van der Waals surface area (Å²) in [6, 6.07) is 0. The standard InChI is InChI=1S/C20H31FO5/c1-2-3-4-6-13(22)9-10-14-15-11-19(26-18(15)12-17(14)23)16(21)7-5-8-20(24)25/h9-10,13-15,17-18,22-23H,2-8,11-12H2,1H3,(H,24,25)/b10-9+,19-16+/t13-,14+,15+,17+,18-/m0/s1. The fourth-order valence-corrected chi connectivity index (χ4v) is 3.89. The first-order valence-corrected chi connectivity index (χ1v) is 9.72. The Hall–Kier alpha value is -1.40. The maximum atomic E-state index is 14.2. The first-order chi connectivity index (χ1) is 12.4. The van der Waals surface area contributed by atoms with Crippen molar-refractivity contribution < 1.29 is 29.2 Å². The van der Waals surface area contributed by atoms with E-state index in [2.05, 4.69) is 6.92 Å². The molecule has 5 atom stereocenters. The van der Waals surface area contributed by atoms with Crippen LogP contribution in [-0.2, 0) is 9.53 Å². The Labute approximate surface area is 154 Å². The van der Waals surface area contributed by atoms with Gasteiger partial charge in [0.25, 0.3) is 0 Å². The molecule has 2 aliphatic rings. The number of hydrogen-bond acceptors (Lipinski definition) is 4. The monoisotopic (exact) mass is 370 g/mol. The van der Waals surface area contributed by atoms with Crippen molar-refractivity contribution in [3.63, 3.8) is 0 Å². The number of fused-ring (bicyclic) bond motifs is 1. The van der Waals surface area contributed by atoms with Gasteiger partial charge in [-0.3, -0.25) is 4.79 Å². The number of carbonyl (C=O) groups is 1. The Bertz CT molecular complexity index is 530. The Kier molecular flexibility index (Phi) is 8.10. The van der Waals surface area contributed by atoms with Gasteiger partial charge in [-0.15, -0.1) is 0 Å². The van der Waals surface area contributed by atoms with Crippen LogP contribution in [0.3, 0.4) is 0 Å². The Morgan fingerprint density at radius 2 is 2.12 bits per heavy atom. The number of rotatable bonds is 10. The van der Waals surface area contributed by atoms with Gasteiger partial charge in [0, 0.05) is 37.5 Å². The van der Waals surface area contributed by atoms with Crippen molar-refractivity contribution in [2.45, 2.75) is 83.0 Å². The number of aliphatic hydroxyl groups excluding tert-OH is 2. The van der Waals surface area contributed by atoms with E-state index in [4.69, 9.17) is 9.84 Å². The summed E-state index contributed by atoms with van der Waals surface area (Å²) in [6.45, 7) is 2.11. The molecule has 0 aromatic heterocycles. The molecule has 1 saturated heterocycles. The lowest BCUT2D eigenvalue weighted by Gasteiger charge is -2.16. The van der Waals surface area contributed by atoms with E-state index in [0.29, 0.717) is 25.0 Å². The fraction of sp³-hybridized carbons (Fsp3) is 0.750. The number of aliphatic carboxylic acids is 1. The first-order valence-electron chi connectivity index (χ1n) is 9.72. The predicted molar refractivity (Wildman–Crippen MR) is 96.0 cm³/mol. The maximum Gasteiger partial charge on any atom is 0.303 e. The molecule has 1 saturated carbocycles. The Morgan fingerprint density at radius 1 is 1.35 bits per heavy atom. The minimum atomic E-state index is -0.933. The molecule has 1 aliphatic heterocycles. The number of halogens is 1. The SMILES string of the molecule is CCCCC[C@H](O)/C=C/[C@@H]1[C@H]2C/C(=C(\F)CCCC(=O)O)O[C@H]2C[C@H]1O. The van der Waals surface area contributed by atoms with Crippen molar-refractivity contribution >= 4 is 5.97 Å². The molecule has 0 aromatic rings. The van der Waals surface area contributed by atoms with E-state index in [1.807, 2.05) is 6.08 Å².